The zero-order valence-corrected chi connectivity index (χ0v) is 15.8. The second kappa shape index (κ2) is 9.83. The van der Waals surface area contributed by atoms with Gasteiger partial charge in [0.15, 0.2) is 0 Å². The molecule has 1 aromatic carbocycles. The van der Waals surface area contributed by atoms with Gasteiger partial charge >= 0.3 is 0 Å². The average molecular weight is 364 g/mol. The molecular formula is C20H30ClN3O. The van der Waals surface area contributed by atoms with Crippen LogP contribution in [0.5, 0.6) is 0 Å². The molecule has 4 nitrogen and oxygen atoms in total. The highest BCUT2D eigenvalue weighted by atomic mass is 35.5. The van der Waals surface area contributed by atoms with Crippen LogP contribution in [0.25, 0.3) is 10.9 Å². The van der Waals surface area contributed by atoms with Crippen LogP contribution in [0.3, 0.4) is 0 Å². The third-order valence-corrected chi connectivity index (χ3v) is 5.32. The average Bonchev–Trinajstić information content (AvgIpc) is 3.03. The maximum Gasteiger partial charge on any atom is 0.220 e. The Morgan fingerprint density at radius 3 is 2.84 bits per heavy atom. The van der Waals surface area contributed by atoms with Gasteiger partial charge in [-0.15, -0.1) is 12.4 Å². The van der Waals surface area contributed by atoms with Crippen molar-refractivity contribution in [3.8, 4) is 0 Å². The monoisotopic (exact) mass is 363 g/mol. The Hall–Kier alpha value is -1.52. The highest BCUT2D eigenvalue weighted by Crippen LogP contribution is 2.24. The van der Waals surface area contributed by atoms with Crippen LogP contribution in [0.15, 0.2) is 30.5 Å². The van der Waals surface area contributed by atoms with Gasteiger partial charge < -0.3 is 15.6 Å². The lowest BCUT2D eigenvalue weighted by Gasteiger charge is -2.27. The van der Waals surface area contributed by atoms with Crippen LogP contribution < -0.4 is 10.6 Å². The number of carbonyl (C=O) groups excluding carboxylic acids is 1. The van der Waals surface area contributed by atoms with Gasteiger partial charge in [0.1, 0.15) is 0 Å². The van der Waals surface area contributed by atoms with Gasteiger partial charge in [-0.1, -0.05) is 25.1 Å². The lowest BCUT2D eigenvalue weighted by molar-refractivity contribution is -0.122. The van der Waals surface area contributed by atoms with Gasteiger partial charge in [0.2, 0.25) is 5.91 Å². The standard InChI is InChI=1S/C20H29N3O.ClH/c1-15(16-8-11-21-12-9-16)13-20(24)22-10-4-5-17-14-23-19-7-3-2-6-18(17)19;/h2-3,6-7,14-16,21,23H,4-5,8-13H2,1H3,(H,22,24);1H. The van der Waals surface area contributed by atoms with Crippen LogP contribution in [-0.2, 0) is 11.2 Å². The normalized spacial score (nSPS) is 16.4. The first-order valence-electron chi connectivity index (χ1n) is 9.26. The number of hydrogen-bond acceptors (Lipinski definition) is 2. The SMILES string of the molecule is CC(CC(=O)NCCCc1c[nH]c2ccccc12)C1CCNCC1.Cl. The number of carbonyl (C=O) groups is 1. The summed E-state index contributed by atoms with van der Waals surface area (Å²) in [5.74, 6) is 1.39. The molecule has 25 heavy (non-hydrogen) atoms. The van der Waals surface area contributed by atoms with Crippen LogP contribution in [0.4, 0.5) is 0 Å². The van der Waals surface area contributed by atoms with Crippen molar-refractivity contribution in [3.63, 3.8) is 0 Å². The maximum atomic E-state index is 12.1. The second-order valence-electron chi connectivity index (χ2n) is 7.08. The van der Waals surface area contributed by atoms with Gasteiger partial charge in [-0.05, 0) is 62.2 Å². The third-order valence-electron chi connectivity index (χ3n) is 5.32. The molecule has 1 aromatic heterocycles. The van der Waals surface area contributed by atoms with Crippen LogP contribution in [0, 0.1) is 11.8 Å². The van der Waals surface area contributed by atoms with Crippen molar-refractivity contribution in [1.82, 2.24) is 15.6 Å². The molecule has 0 spiro atoms. The van der Waals surface area contributed by atoms with Gasteiger partial charge in [-0.2, -0.15) is 0 Å². The summed E-state index contributed by atoms with van der Waals surface area (Å²) < 4.78 is 0. The molecule has 0 bridgehead atoms. The number of aromatic nitrogens is 1. The van der Waals surface area contributed by atoms with E-state index in [4.69, 9.17) is 0 Å². The number of fused-ring (bicyclic) bond motifs is 1. The molecular weight excluding hydrogens is 334 g/mol. The summed E-state index contributed by atoms with van der Waals surface area (Å²) in [6.07, 6.45) is 7.14. The van der Waals surface area contributed by atoms with E-state index in [2.05, 4.69) is 46.9 Å². The minimum atomic E-state index is 0. The summed E-state index contributed by atoms with van der Waals surface area (Å²) in [5, 5.41) is 7.78. The number of para-hydroxylation sites is 1. The Labute approximate surface area is 156 Å². The second-order valence-corrected chi connectivity index (χ2v) is 7.08. The molecule has 3 N–H and O–H groups in total. The maximum absolute atomic E-state index is 12.1. The molecule has 1 fully saturated rings. The minimum absolute atomic E-state index is 0. The van der Waals surface area contributed by atoms with Crippen LogP contribution in [0.1, 0.15) is 38.2 Å². The summed E-state index contributed by atoms with van der Waals surface area (Å²) in [7, 11) is 0. The third kappa shape index (κ3) is 5.48. The number of halogens is 1. The molecule has 1 aliphatic heterocycles. The summed E-state index contributed by atoms with van der Waals surface area (Å²) in [5.41, 5.74) is 2.52. The van der Waals surface area contributed by atoms with Crippen LogP contribution >= 0.6 is 12.4 Å². The summed E-state index contributed by atoms with van der Waals surface area (Å²) in [6.45, 7) is 5.18. The number of hydrogen-bond donors (Lipinski definition) is 3. The largest absolute Gasteiger partial charge is 0.361 e. The Kier molecular flexibility index (Phi) is 7.79. The first-order chi connectivity index (χ1) is 11.7. The van der Waals surface area contributed by atoms with Crippen molar-refractivity contribution in [1.29, 1.82) is 0 Å². The van der Waals surface area contributed by atoms with Crippen molar-refractivity contribution in [2.45, 2.75) is 39.0 Å². The molecule has 2 aromatic rings. The molecule has 138 valence electrons. The van der Waals surface area contributed by atoms with E-state index in [1.165, 1.54) is 29.3 Å². The number of nitrogens with one attached hydrogen (secondary N) is 3. The molecule has 3 rings (SSSR count). The van der Waals surface area contributed by atoms with E-state index in [-0.39, 0.29) is 18.3 Å². The van der Waals surface area contributed by atoms with E-state index < -0.39 is 0 Å². The first-order valence-corrected chi connectivity index (χ1v) is 9.26. The smallest absolute Gasteiger partial charge is 0.220 e. The highest BCUT2D eigenvalue weighted by Gasteiger charge is 2.21. The zero-order chi connectivity index (χ0) is 16.8. The lowest BCUT2D eigenvalue weighted by Crippen LogP contribution is -2.33. The number of aromatic amines is 1. The van der Waals surface area contributed by atoms with Crippen molar-refractivity contribution in [2.75, 3.05) is 19.6 Å². The molecule has 5 heteroatoms. The number of amides is 1. The topological polar surface area (TPSA) is 56.9 Å². The number of H-pyrrole nitrogens is 1. The molecule has 1 aliphatic rings. The van der Waals surface area contributed by atoms with E-state index in [0.29, 0.717) is 18.3 Å². The molecule has 1 unspecified atom stereocenters. The molecule has 1 atom stereocenters. The van der Waals surface area contributed by atoms with Crippen LogP contribution in [0.2, 0.25) is 0 Å². The summed E-state index contributed by atoms with van der Waals surface area (Å²) in [4.78, 5) is 15.4. The molecule has 0 aliphatic carbocycles. The fourth-order valence-corrected chi connectivity index (χ4v) is 3.79. The lowest BCUT2D eigenvalue weighted by atomic mass is 9.84. The fraction of sp³-hybridized carbons (Fsp3) is 0.550. The van der Waals surface area contributed by atoms with Gasteiger partial charge in [0.25, 0.3) is 0 Å². The summed E-state index contributed by atoms with van der Waals surface area (Å²) >= 11 is 0. The number of rotatable bonds is 7. The number of aryl methyl sites for hydroxylation is 1. The Bertz CT molecular complexity index is 664. The first kappa shape index (κ1) is 19.8. The van der Waals surface area contributed by atoms with Crippen molar-refractivity contribution in [2.24, 2.45) is 11.8 Å². The van der Waals surface area contributed by atoms with E-state index in [9.17, 15) is 4.79 Å². The predicted molar refractivity (Wildman–Crippen MR) is 106 cm³/mol. The van der Waals surface area contributed by atoms with E-state index in [1.807, 2.05) is 6.07 Å². The summed E-state index contributed by atoms with van der Waals surface area (Å²) in [6, 6.07) is 8.37. The van der Waals surface area contributed by atoms with E-state index in [1.54, 1.807) is 0 Å². The zero-order valence-electron chi connectivity index (χ0n) is 15.0. The molecule has 0 saturated carbocycles. The van der Waals surface area contributed by atoms with Gasteiger partial charge in [-0.25, -0.2) is 0 Å². The highest BCUT2D eigenvalue weighted by molar-refractivity contribution is 5.85. The number of benzene rings is 1. The Morgan fingerprint density at radius 2 is 2.04 bits per heavy atom. The van der Waals surface area contributed by atoms with E-state index >= 15 is 0 Å². The predicted octanol–water partition coefficient (Wildman–Crippen LogP) is 3.66. The fourth-order valence-electron chi connectivity index (χ4n) is 3.79. The molecule has 1 saturated heterocycles. The van der Waals surface area contributed by atoms with Gasteiger partial charge in [0, 0.05) is 30.1 Å². The minimum Gasteiger partial charge on any atom is -0.361 e. The number of piperidine rings is 1. The van der Waals surface area contributed by atoms with Crippen molar-refractivity contribution >= 4 is 29.2 Å². The van der Waals surface area contributed by atoms with Crippen molar-refractivity contribution in [3.05, 3.63) is 36.0 Å². The van der Waals surface area contributed by atoms with Gasteiger partial charge in [-0.3, -0.25) is 4.79 Å². The van der Waals surface area contributed by atoms with Crippen molar-refractivity contribution < 1.29 is 4.79 Å². The Balaban J connectivity index is 0.00000225. The Morgan fingerprint density at radius 1 is 1.28 bits per heavy atom. The van der Waals surface area contributed by atoms with Gasteiger partial charge in [0.05, 0.1) is 0 Å². The van der Waals surface area contributed by atoms with Crippen LogP contribution in [-0.4, -0.2) is 30.5 Å². The molecule has 1 amide bonds. The molecule has 2 heterocycles. The quantitative estimate of drug-likeness (QED) is 0.657. The molecule has 0 radical (unpaired) electrons. The van der Waals surface area contributed by atoms with E-state index in [0.717, 1.165) is 32.5 Å².